The zero-order chi connectivity index (χ0) is 12.6. The van der Waals surface area contributed by atoms with Crippen LogP contribution in [0.4, 0.5) is 0 Å². The van der Waals surface area contributed by atoms with Crippen molar-refractivity contribution in [2.24, 2.45) is 11.8 Å². The van der Waals surface area contributed by atoms with Crippen LogP contribution < -0.4 is 0 Å². The lowest BCUT2D eigenvalue weighted by Crippen LogP contribution is -2.48. The molecule has 0 bridgehead atoms. The highest BCUT2D eigenvalue weighted by atomic mass is 32.2. The van der Waals surface area contributed by atoms with Crippen molar-refractivity contribution >= 4 is 16.0 Å². The molecule has 2 unspecified atom stereocenters. The van der Waals surface area contributed by atoms with Gasteiger partial charge in [-0.1, -0.05) is 0 Å². The second-order valence-electron chi connectivity index (χ2n) is 5.25. The fraction of sp³-hybridized carbons (Fsp3) is 0.909. The molecule has 98 valence electrons. The Morgan fingerprint density at radius 2 is 1.94 bits per heavy atom. The van der Waals surface area contributed by atoms with Crippen LogP contribution >= 0.6 is 0 Å². The molecule has 1 aliphatic carbocycles. The first kappa shape index (κ1) is 12.8. The summed E-state index contributed by atoms with van der Waals surface area (Å²) in [6.07, 6.45) is 3.19. The van der Waals surface area contributed by atoms with Crippen molar-refractivity contribution in [1.29, 1.82) is 0 Å². The van der Waals surface area contributed by atoms with Gasteiger partial charge in [0, 0.05) is 12.6 Å². The predicted molar refractivity (Wildman–Crippen MR) is 63.0 cm³/mol. The summed E-state index contributed by atoms with van der Waals surface area (Å²) in [7, 11) is -3.27. The number of rotatable bonds is 4. The Hall–Kier alpha value is -0.620. The van der Waals surface area contributed by atoms with Crippen LogP contribution in [-0.4, -0.2) is 42.1 Å². The Kier molecular flexibility index (Phi) is 3.45. The standard InChI is InChI=1S/C11H19NO4S/c1-8-2-5-10(11(13)14)6-12(8)17(15,16)7-9-3-4-9/h8-10H,2-7H2,1H3,(H,13,14). The van der Waals surface area contributed by atoms with Gasteiger partial charge in [0.15, 0.2) is 0 Å². The lowest BCUT2D eigenvalue weighted by molar-refractivity contribution is -0.143. The van der Waals surface area contributed by atoms with E-state index in [9.17, 15) is 13.2 Å². The van der Waals surface area contributed by atoms with E-state index < -0.39 is 21.9 Å². The van der Waals surface area contributed by atoms with Gasteiger partial charge in [-0.3, -0.25) is 4.79 Å². The number of carbonyl (C=O) groups is 1. The molecule has 17 heavy (non-hydrogen) atoms. The molecule has 1 saturated heterocycles. The normalized spacial score (nSPS) is 31.4. The molecule has 1 N–H and O–H groups in total. The third-order valence-electron chi connectivity index (χ3n) is 3.67. The van der Waals surface area contributed by atoms with Gasteiger partial charge in [-0.05, 0) is 38.5 Å². The number of sulfonamides is 1. The summed E-state index contributed by atoms with van der Waals surface area (Å²) in [4.78, 5) is 10.9. The lowest BCUT2D eigenvalue weighted by atomic mass is 9.96. The highest BCUT2D eigenvalue weighted by Gasteiger charge is 2.39. The van der Waals surface area contributed by atoms with E-state index in [2.05, 4.69) is 0 Å². The molecule has 2 aliphatic rings. The number of aliphatic carboxylic acids is 1. The molecule has 2 rings (SSSR count). The number of hydrogen-bond acceptors (Lipinski definition) is 3. The maximum Gasteiger partial charge on any atom is 0.307 e. The van der Waals surface area contributed by atoms with Crippen LogP contribution in [0.25, 0.3) is 0 Å². The first-order valence-corrected chi connectivity index (χ1v) is 7.73. The molecule has 0 aromatic carbocycles. The minimum absolute atomic E-state index is 0.0608. The quantitative estimate of drug-likeness (QED) is 0.816. The Balaban J connectivity index is 2.08. The SMILES string of the molecule is CC1CCC(C(=O)O)CN1S(=O)(=O)CC1CC1. The smallest absolute Gasteiger partial charge is 0.307 e. The van der Waals surface area contributed by atoms with Gasteiger partial charge < -0.3 is 5.11 Å². The summed E-state index contributed by atoms with van der Waals surface area (Å²) in [5.41, 5.74) is 0. The van der Waals surface area contributed by atoms with Crippen LogP contribution in [-0.2, 0) is 14.8 Å². The van der Waals surface area contributed by atoms with Crippen LogP contribution in [0.2, 0.25) is 0 Å². The van der Waals surface area contributed by atoms with Crippen LogP contribution in [0, 0.1) is 11.8 Å². The highest BCUT2D eigenvalue weighted by molar-refractivity contribution is 7.89. The average Bonchev–Trinajstić information content (AvgIpc) is 3.00. The number of piperidine rings is 1. The van der Waals surface area contributed by atoms with E-state index in [1.54, 1.807) is 0 Å². The number of nitrogens with zero attached hydrogens (tertiary/aromatic N) is 1. The molecule has 1 saturated carbocycles. The number of carboxylic acid groups (broad SMARTS) is 1. The molecule has 2 fully saturated rings. The average molecular weight is 261 g/mol. The van der Waals surface area contributed by atoms with Gasteiger partial charge in [0.25, 0.3) is 0 Å². The third kappa shape index (κ3) is 2.98. The molecule has 6 heteroatoms. The summed E-state index contributed by atoms with van der Waals surface area (Å²) < 4.78 is 25.7. The number of hydrogen-bond donors (Lipinski definition) is 1. The minimum Gasteiger partial charge on any atom is -0.481 e. The molecule has 0 aromatic rings. The van der Waals surface area contributed by atoms with Crippen molar-refractivity contribution in [3.63, 3.8) is 0 Å². The molecule has 1 heterocycles. The summed E-state index contributed by atoms with van der Waals surface area (Å²) in [6, 6.07) is -0.0608. The molecule has 0 aromatic heterocycles. The fourth-order valence-electron chi connectivity index (χ4n) is 2.34. The van der Waals surface area contributed by atoms with Gasteiger partial charge in [-0.15, -0.1) is 0 Å². The number of carboxylic acids is 1. The van der Waals surface area contributed by atoms with Crippen LogP contribution in [0.5, 0.6) is 0 Å². The maximum atomic E-state index is 12.1. The van der Waals surface area contributed by atoms with Crippen LogP contribution in [0.3, 0.4) is 0 Å². The fourth-order valence-corrected chi connectivity index (χ4v) is 4.52. The van der Waals surface area contributed by atoms with Crippen LogP contribution in [0.15, 0.2) is 0 Å². The molecule has 0 amide bonds. The van der Waals surface area contributed by atoms with Crippen molar-refractivity contribution in [1.82, 2.24) is 4.31 Å². The molecule has 0 spiro atoms. The predicted octanol–water partition coefficient (Wildman–Crippen LogP) is 0.911. The zero-order valence-corrected chi connectivity index (χ0v) is 10.8. The first-order valence-electron chi connectivity index (χ1n) is 6.12. The third-order valence-corrected chi connectivity index (χ3v) is 5.79. The molecular formula is C11H19NO4S. The van der Waals surface area contributed by atoms with Crippen molar-refractivity contribution in [3.8, 4) is 0 Å². The summed E-state index contributed by atoms with van der Waals surface area (Å²) in [6.45, 7) is 2.01. The highest BCUT2D eigenvalue weighted by Crippen LogP contribution is 2.33. The Morgan fingerprint density at radius 3 is 2.47 bits per heavy atom. The van der Waals surface area contributed by atoms with E-state index in [0.29, 0.717) is 18.8 Å². The lowest BCUT2D eigenvalue weighted by Gasteiger charge is -2.35. The van der Waals surface area contributed by atoms with E-state index in [1.165, 1.54) is 4.31 Å². The van der Waals surface area contributed by atoms with E-state index in [-0.39, 0.29) is 18.3 Å². The summed E-state index contributed by atoms with van der Waals surface area (Å²) in [5, 5.41) is 8.98. The van der Waals surface area contributed by atoms with Gasteiger partial charge in [-0.2, -0.15) is 4.31 Å². The van der Waals surface area contributed by atoms with Crippen LogP contribution in [0.1, 0.15) is 32.6 Å². The van der Waals surface area contributed by atoms with Crippen molar-refractivity contribution in [2.45, 2.75) is 38.6 Å². The van der Waals surface area contributed by atoms with Gasteiger partial charge in [0.05, 0.1) is 11.7 Å². The Morgan fingerprint density at radius 1 is 1.29 bits per heavy atom. The summed E-state index contributed by atoms with van der Waals surface area (Å²) >= 11 is 0. The monoisotopic (exact) mass is 261 g/mol. The van der Waals surface area contributed by atoms with Crippen molar-refractivity contribution < 1.29 is 18.3 Å². The Labute approximate surface area is 102 Å². The van der Waals surface area contributed by atoms with Crippen molar-refractivity contribution in [2.75, 3.05) is 12.3 Å². The van der Waals surface area contributed by atoms with Gasteiger partial charge in [-0.25, -0.2) is 8.42 Å². The largest absolute Gasteiger partial charge is 0.481 e. The first-order chi connectivity index (χ1) is 7.90. The molecule has 1 aliphatic heterocycles. The van der Waals surface area contributed by atoms with Gasteiger partial charge in [0.2, 0.25) is 10.0 Å². The maximum absolute atomic E-state index is 12.1. The van der Waals surface area contributed by atoms with Gasteiger partial charge in [0.1, 0.15) is 0 Å². The molecule has 0 radical (unpaired) electrons. The topological polar surface area (TPSA) is 74.7 Å². The van der Waals surface area contributed by atoms with E-state index >= 15 is 0 Å². The molecular weight excluding hydrogens is 242 g/mol. The molecule has 2 atom stereocenters. The second-order valence-corrected chi connectivity index (χ2v) is 7.22. The summed E-state index contributed by atoms with van der Waals surface area (Å²) in [5.74, 6) is -0.926. The van der Waals surface area contributed by atoms with E-state index in [4.69, 9.17) is 5.11 Å². The minimum atomic E-state index is -3.27. The van der Waals surface area contributed by atoms with E-state index in [0.717, 1.165) is 12.8 Å². The van der Waals surface area contributed by atoms with E-state index in [1.807, 2.05) is 6.92 Å². The van der Waals surface area contributed by atoms with Gasteiger partial charge >= 0.3 is 5.97 Å². The zero-order valence-electron chi connectivity index (χ0n) is 10.0. The second kappa shape index (κ2) is 4.57. The Bertz CT molecular complexity index is 402. The van der Waals surface area contributed by atoms with Crippen molar-refractivity contribution in [3.05, 3.63) is 0 Å². The molecule has 5 nitrogen and oxygen atoms in total.